The molecule has 2 aromatic rings. The molecule has 1 saturated heterocycles. The second-order valence-corrected chi connectivity index (χ2v) is 6.50. The number of nitrogens with zero attached hydrogens (tertiary/aromatic N) is 2. The molecule has 1 atom stereocenters. The molecule has 0 saturated carbocycles. The lowest BCUT2D eigenvalue weighted by atomic mass is 10.1. The second kappa shape index (κ2) is 6.87. The molecule has 1 aliphatic rings. The largest absolute Gasteiger partial charge is 0.485 e. The van der Waals surface area contributed by atoms with Gasteiger partial charge in [0, 0.05) is 6.54 Å². The Morgan fingerprint density at radius 2 is 2.23 bits per heavy atom. The zero-order chi connectivity index (χ0) is 15.4. The molecule has 3 rings (SSSR count). The van der Waals surface area contributed by atoms with Gasteiger partial charge in [-0.2, -0.15) is 16.9 Å². The molecule has 0 bridgehead atoms. The number of carboxylic acids is 1. The molecule has 1 aromatic heterocycles. The number of benzene rings is 1. The van der Waals surface area contributed by atoms with E-state index in [-0.39, 0.29) is 5.69 Å². The molecule has 0 amide bonds. The van der Waals surface area contributed by atoms with E-state index in [1.807, 2.05) is 42.1 Å². The van der Waals surface area contributed by atoms with Crippen LogP contribution in [-0.4, -0.2) is 32.4 Å². The summed E-state index contributed by atoms with van der Waals surface area (Å²) in [6.07, 6.45) is 2.62. The predicted molar refractivity (Wildman–Crippen MR) is 85.4 cm³/mol. The van der Waals surface area contributed by atoms with Crippen molar-refractivity contribution in [2.75, 3.05) is 11.5 Å². The van der Waals surface area contributed by atoms with Gasteiger partial charge in [0.2, 0.25) is 0 Å². The lowest BCUT2D eigenvalue weighted by Gasteiger charge is -2.11. The Labute approximate surface area is 133 Å². The van der Waals surface area contributed by atoms with E-state index in [0.717, 1.165) is 23.5 Å². The van der Waals surface area contributed by atoms with Gasteiger partial charge in [0.15, 0.2) is 11.4 Å². The van der Waals surface area contributed by atoms with E-state index in [1.54, 1.807) is 4.68 Å². The molecule has 1 N–H and O–H groups in total. The Morgan fingerprint density at radius 3 is 2.91 bits per heavy atom. The van der Waals surface area contributed by atoms with Gasteiger partial charge in [-0.3, -0.25) is 4.68 Å². The van der Waals surface area contributed by atoms with E-state index in [9.17, 15) is 9.90 Å². The quantitative estimate of drug-likeness (QED) is 0.887. The minimum absolute atomic E-state index is 0.146. The van der Waals surface area contributed by atoms with Crippen LogP contribution in [0.2, 0.25) is 0 Å². The van der Waals surface area contributed by atoms with E-state index in [1.165, 1.54) is 6.20 Å². The average molecular weight is 318 g/mol. The Kier molecular flexibility index (Phi) is 4.68. The molecule has 0 aliphatic carbocycles. The third-order valence-electron chi connectivity index (χ3n) is 3.70. The van der Waals surface area contributed by atoms with Gasteiger partial charge in [-0.1, -0.05) is 30.3 Å². The summed E-state index contributed by atoms with van der Waals surface area (Å²) in [6, 6.07) is 9.68. The van der Waals surface area contributed by atoms with Crippen LogP contribution in [-0.2, 0) is 13.2 Å². The summed E-state index contributed by atoms with van der Waals surface area (Å²) in [6.45, 7) is 0.982. The van der Waals surface area contributed by atoms with E-state index >= 15 is 0 Å². The van der Waals surface area contributed by atoms with Crippen molar-refractivity contribution in [1.82, 2.24) is 9.78 Å². The molecule has 0 radical (unpaired) electrons. The highest BCUT2D eigenvalue weighted by Crippen LogP contribution is 2.27. The number of carboxylic acid groups (broad SMARTS) is 1. The molecule has 6 heteroatoms. The monoisotopic (exact) mass is 318 g/mol. The predicted octanol–water partition coefficient (Wildman–Crippen LogP) is 2.91. The van der Waals surface area contributed by atoms with Crippen LogP contribution < -0.4 is 4.74 Å². The van der Waals surface area contributed by atoms with Crippen molar-refractivity contribution >= 4 is 17.7 Å². The van der Waals surface area contributed by atoms with Crippen LogP contribution >= 0.6 is 11.8 Å². The first-order chi connectivity index (χ1) is 10.7. The summed E-state index contributed by atoms with van der Waals surface area (Å²) in [5, 5.41) is 13.7. The maximum Gasteiger partial charge on any atom is 0.358 e. The number of rotatable bonds is 6. The molecule has 1 aromatic carbocycles. The van der Waals surface area contributed by atoms with E-state index in [4.69, 9.17) is 4.74 Å². The number of aromatic nitrogens is 2. The zero-order valence-corrected chi connectivity index (χ0v) is 13.0. The first-order valence-electron chi connectivity index (χ1n) is 7.27. The molecule has 1 fully saturated rings. The number of carbonyl (C=O) groups is 1. The van der Waals surface area contributed by atoms with Crippen LogP contribution in [0.1, 0.15) is 22.5 Å². The summed E-state index contributed by atoms with van der Waals surface area (Å²) in [5.74, 6) is 2.04. The minimum Gasteiger partial charge on any atom is -0.485 e. The van der Waals surface area contributed by atoms with Gasteiger partial charge in [0.25, 0.3) is 0 Å². The fraction of sp³-hybridized carbons (Fsp3) is 0.375. The van der Waals surface area contributed by atoms with Crippen molar-refractivity contribution in [2.45, 2.75) is 19.6 Å². The molecule has 22 heavy (non-hydrogen) atoms. The molecular weight excluding hydrogens is 300 g/mol. The van der Waals surface area contributed by atoms with Crippen molar-refractivity contribution < 1.29 is 14.6 Å². The van der Waals surface area contributed by atoms with Crippen LogP contribution in [0.15, 0.2) is 36.5 Å². The van der Waals surface area contributed by atoms with Gasteiger partial charge < -0.3 is 9.84 Å². The Morgan fingerprint density at radius 1 is 1.41 bits per heavy atom. The normalized spacial score (nSPS) is 17.5. The van der Waals surface area contributed by atoms with Crippen molar-refractivity contribution in [3.05, 3.63) is 47.8 Å². The van der Waals surface area contributed by atoms with Crippen LogP contribution in [0, 0.1) is 5.92 Å². The SMILES string of the molecule is O=C(O)c1c(OCc2ccccc2)cnn1CC1CCSC1. The summed E-state index contributed by atoms with van der Waals surface area (Å²) in [7, 11) is 0. The number of hydrogen-bond donors (Lipinski definition) is 1. The van der Waals surface area contributed by atoms with Gasteiger partial charge >= 0.3 is 5.97 Å². The fourth-order valence-corrected chi connectivity index (χ4v) is 3.81. The third-order valence-corrected chi connectivity index (χ3v) is 4.93. The van der Waals surface area contributed by atoms with Crippen LogP contribution in [0.4, 0.5) is 0 Å². The molecule has 2 heterocycles. The fourth-order valence-electron chi connectivity index (χ4n) is 2.54. The standard InChI is InChI=1S/C16H18N2O3S/c19-16(20)15-14(21-10-12-4-2-1-3-5-12)8-17-18(15)9-13-6-7-22-11-13/h1-5,8,13H,6-7,9-11H2,(H,19,20). The molecule has 1 aliphatic heterocycles. The van der Waals surface area contributed by atoms with Crippen LogP contribution in [0.25, 0.3) is 0 Å². The van der Waals surface area contributed by atoms with Crippen molar-refractivity contribution in [3.8, 4) is 5.75 Å². The lowest BCUT2D eigenvalue weighted by Crippen LogP contribution is -2.17. The smallest absolute Gasteiger partial charge is 0.358 e. The highest BCUT2D eigenvalue weighted by Gasteiger charge is 2.23. The van der Waals surface area contributed by atoms with E-state index < -0.39 is 5.97 Å². The molecule has 1 unspecified atom stereocenters. The first-order valence-corrected chi connectivity index (χ1v) is 8.43. The van der Waals surface area contributed by atoms with E-state index in [0.29, 0.717) is 24.8 Å². The Balaban J connectivity index is 1.73. The highest BCUT2D eigenvalue weighted by atomic mass is 32.2. The van der Waals surface area contributed by atoms with Gasteiger partial charge in [0.1, 0.15) is 6.61 Å². The summed E-state index contributed by atoms with van der Waals surface area (Å²) >= 11 is 1.91. The van der Waals surface area contributed by atoms with Gasteiger partial charge in [-0.25, -0.2) is 4.79 Å². The number of ether oxygens (including phenoxy) is 1. The number of hydrogen-bond acceptors (Lipinski definition) is 4. The second-order valence-electron chi connectivity index (χ2n) is 5.35. The van der Waals surface area contributed by atoms with Gasteiger partial charge in [-0.15, -0.1) is 0 Å². The van der Waals surface area contributed by atoms with Crippen LogP contribution in [0.3, 0.4) is 0 Å². The summed E-state index contributed by atoms with van der Waals surface area (Å²) in [5.41, 5.74) is 1.15. The number of aromatic carboxylic acids is 1. The number of thioether (sulfide) groups is 1. The minimum atomic E-state index is -0.994. The highest BCUT2D eigenvalue weighted by molar-refractivity contribution is 7.99. The Hall–Kier alpha value is -1.95. The maximum absolute atomic E-state index is 11.5. The zero-order valence-electron chi connectivity index (χ0n) is 12.1. The molecular formula is C16H18N2O3S. The molecule has 116 valence electrons. The third kappa shape index (κ3) is 3.44. The van der Waals surface area contributed by atoms with Crippen LogP contribution in [0.5, 0.6) is 5.75 Å². The van der Waals surface area contributed by atoms with Crippen molar-refractivity contribution in [1.29, 1.82) is 0 Å². The Bertz CT molecular complexity index is 636. The topological polar surface area (TPSA) is 64.3 Å². The maximum atomic E-state index is 11.5. The summed E-state index contributed by atoms with van der Waals surface area (Å²) in [4.78, 5) is 11.5. The molecule has 5 nitrogen and oxygen atoms in total. The molecule has 0 spiro atoms. The van der Waals surface area contributed by atoms with Gasteiger partial charge in [0.05, 0.1) is 6.20 Å². The average Bonchev–Trinajstić information content (AvgIpc) is 3.16. The van der Waals surface area contributed by atoms with E-state index in [2.05, 4.69) is 5.10 Å². The summed E-state index contributed by atoms with van der Waals surface area (Å²) < 4.78 is 7.23. The first kappa shape index (κ1) is 15.0. The lowest BCUT2D eigenvalue weighted by molar-refractivity contribution is 0.0676. The van der Waals surface area contributed by atoms with Crippen molar-refractivity contribution in [3.63, 3.8) is 0 Å². The van der Waals surface area contributed by atoms with Gasteiger partial charge in [-0.05, 0) is 29.4 Å². The van der Waals surface area contributed by atoms with Crippen molar-refractivity contribution in [2.24, 2.45) is 5.92 Å².